The van der Waals surface area contributed by atoms with Gasteiger partial charge in [0.15, 0.2) is 5.17 Å². The predicted molar refractivity (Wildman–Crippen MR) is 119 cm³/mol. The van der Waals surface area contributed by atoms with E-state index in [9.17, 15) is 29.9 Å². The number of amides is 1. The van der Waals surface area contributed by atoms with Gasteiger partial charge in [0, 0.05) is 23.6 Å². The minimum Gasteiger partial charge on any atom is -0.481 e. The number of aliphatic imine (C=N–C) groups is 1. The van der Waals surface area contributed by atoms with E-state index >= 15 is 0 Å². The van der Waals surface area contributed by atoms with E-state index in [0.717, 1.165) is 29.5 Å². The number of amidine groups is 1. The van der Waals surface area contributed by atoms with E-state index in [1.165, 1.54) is 30.8 Å². The molecule has 0 radical (unpaired) electrons. The van der Waals surface area contributed by atoms with Crippen LogP contribution in [0.3, 0.4) is 0 Å². The third-order valence-electron chi connectivity index (χ3n) is 4.98. The van der Waals surface area contributed by atoms with Gasteiger partial charge < -0.3 is 15.3 Å². The average molecular weight is 472 g/mol. The van der Waals surface area contributed by atoms with Crippen LogP contribution in [-0.2, 0) is 4.79 Å². The maximum atomic E-state index is 12.1. The number of aliphatic carboxylic acids is 1. The number of aliphatic hydroxyl groups is 1. The Bertz CT molecular complexity index is 865. The van der Waals surface area contributed by atoms with Gasteiger partial charge in [-0.05, 0) is 43.4 Å². The third kappa shape index (κ3) is 5.89. The van der Waals surface area contributed by atoms with Crippen LogP contribution in [0, 0.1) is 16.0 Å². The molecular formula is C19H25N3O7S2. The Balaban J connectivity index is 2.53. The summed E-state index contributed by atoms with van der Waals surface area (Å²) in [6, 6.07) is 2.41. The highest BCUT2D eigenvalue weighted by atomic mass is 32.2. The number of thioether (sulfide) groups is 2. The number of benzene rings is 1. The Morgan fingerprint density at radius 2 is 1.97 bits per heavy atom. The van der Waals surface area contributed by atoms with Crippen LogP contribution in [0.4, 0.5) is 10.5 Å². The first-order chi connectivity index (χ1) is 14.7. The first kappa shape index (κ1) is 25.0. The summed E-state index contributed by atoms with van der Waals surface area (Å²) in [5.41, 5.74) is 0.218. The smallest absolute Gasteiger partial charge is 0.413 e. The standard InChI is InChI=1S/C19H25N3O7S2/c1-11-15(17(24)25)16(20-18(30-2)21(11)19(26)27)13-10-12(22(28)29)6-7-14(13)31-9-5-3-4-8-23/h6-7,10-11,15-16,23H,3-5,8-9H2,1-2H3,(H,24,25)(H,26,27). The van der Waals surface area contributed by atoms with E-state index in [-0.39, 0.29) is 17.5 Å². The lowest BCUT2D eigenvalue weighted by Crippen LogP contribution is -2.52. The quantitative estimate of drug-likeness (QED) is 0.212. The van der Waals surface area contributed by atoms with E-state index < -0.39 is 35.0 Å². The van der Waals surface area contributed by atoms with Crippen molar-refractivity contribution in [1.82, 2.24) is 4.90 Å². The number of non-ortho nitro benzene ring substituents is 1. The Hall–Kier alpha value is -2.31. The molecule has 1 aliphatic heterocycles. The van der Waals surface area contributed by atoms with Crippen LogP contribution in [0.25, 0.3) is 0 Å². The molecule has 2 rings (SSSR count). The molecule has 0 saturated heterocycles. The van der Waals surface area contributed by atoms with E-state index in [4.69, 9.17) is 5.11 Å². The van der Waals surface area contributed by atoms with Crippen molar-refractivity contribution in [2.24, 2.45) is 10.9 Å². The van der Waals surface area contributed by atoms with Crippen molar-refractivity contribution in [1.29, 1.82) is 0 Å². The maximum Gasteiger partial charge on any atom is 0.413 e. The summed E-state index contributed by atoms with van der Waals surface area (Å²) in [7, 11) is 0. The molecule has 0 saturated carbocycles. The van der Waals surface area contributed by atoms with Crippen LogP contribution < -0.4 is 0 Å². The first-order valence-corrected chi connectivity index (χ1v) is 11.8. The highest BCUT2D eigenvalue weighted by Gasteiger charge is 2.45. The number of carboxylic acids is 1. The zero-order chi connectivity index (χ0) is 23.1. The molecule has 0 fully saturated rings. The number of hydrogen-bond donors (Lipinski definition) is 3. The molecule has 3 N–H and O–H groups in total. The Morgan fingerprint density at radius 1 is 1.26 bits per heavy atom. The second-order valence-corrected chi connectivity index (χ2v) is 8.84. The number of carboxylic acid groups (broad SMARTS) is 2. The Morgan fingerprint density at radius 3 is 2.52 bits per heavy atom. The summed E-state index contributed by atoms with van der Waals surface area (Å²) in [4.78, 5) is 40.6. The second-order valence-electron chi connectivity index (χ2n) is 6.93. The molecule has 1 amide bonds. The SMILES string of the molecule is CSC1=NC(c2cc([N+](=O)[O-])ccc2SCCCCCO)C(C(=O)O)C(C)N1C(=O)O. The van der Waals surface area contributed by atoms with Gasteiger partial charge in [-0.15, -0.1) is 11.8 Å². The first-order valence-electron chi connectivity index (χ1n) is 9.61. The molecule has 0 aliphatic carbocycles. The van der Waals surface area contributed by atoms with E-state index in [1.807, 2.05) is 0 Å². The topological polar surface area (TPSA) is 154 Å². The van der Waals surface area contributed by atoms with Gasteiger partial charge in [-0.2, -0.15) is 0 Å². The predicted octanol–water partition coefficient (Wildman–Crippen LogP) is 3.69. The minimum absolute atomic E-state index is 0.111. The zero-order valence-corrected chi connectivity index (χ0v) is 18.8. The van der Waals surface area contributed by atoms with Gasteiger partial charge in [-0.1, -0.05) is 18.2 Å². The maximum absolute atomic E-state index is 12.1. The fraction of sp³-hybridized carbons (Fsp3) is 0.526. The summed E-state index contributed by atoms with van der Waals surface area (Å²) in [5, 5.41) is 39.8. The fourth-order valence-electron chi connectivity index (χ4n) is 3.46. The Kier molecular flexibility index (Phi) is 9.14. The monoisotopic (exact) mass is 471 g/mol. The fourth-order valence-corrected chi connectivity index (χ4v) is 5.20. The van der Waals surface area contributed by atoms with Gasteiger partial charge in [0.2, 0.25) is 0 Å². The van der Waals surface area contributed by atoms with Crippen molar-refractivity contribution in [2.45, 2.75) is 43.2 Å². The molecule has 1 heterocycles. The van der Waals surface area contributed by atoms with Crippen molar-refractivity contribution < 1.29 is 29.8 Å². The number of nitro groups is 1. The lowest BCUT2D eigenvalue weighted by molar-refractivity contribution is -0.385. The van der Waals surface area contributed by atoms with Crippen LogP contribution >= 0.6 is 23.5 Å². The molecule has 1 aromatic carbocycles. The second kappa shape index (κ2) is 11.3. The van der Waals surface area contributed by atoms with Crippen LogP contribution in [-0.4, -0.2) is 67.0 Å². The number of nitrogens with zero attached hydrogens (tertiary/aromatic N) is 3. The molecular weight excluding hydrogens is 446 g/mol. The number of carbonyl (C=O) groups is 2. The van der Waals surface area contributed by atoms with Crippen LogP contribution in [0.1, 0.15) is 37.8 Å². The lowest BCUT2D eigenvalue weighted by atomic mass is 9.86. The molecule has 3 atom stereocenters. The normalized spacial score (nSPS) is 20.9. The van der Waals surface area contributed by atoms with Gasteiger partial charge in [0.1, 0.15) is 5.92 Å². The molecule has 0 spiro atoms. The molecule has 31 heavy (non-hydrogen) atoms. The molecule has 10 nitrogen and oxygen atoms in total. The van der Waals surface area contributed by atoms with Gasteiger partial charge in [0.05, 0.1) is 17.0 Å². The van der Waals surface area contributed by atoms with Crippen LogP contribution in [0.5, 0.6) is 0 Å². The average Bonchev–Trinajstić information content (AvgIpc) is 2.72. The van der Waals surface area contributed by atoms with Gasteiger partial charge in [0.25, 0.3) is 5.69 Å². The lowest BCUT2D eigenvalue weighted by Gasteiger charge is -2.38. The number of hydrogen-bond acceptors (Lipinski definition) is 8. The van der Waals surface area contributed by atoms with Crippen molar-refractivity contribution in [3.8, 4) is 0 Å². The zero-order valence-electron chi connectivity index (χ0n) is 17.1. The van der Waals surface area contributed by atoms with Crippen molar-refractivity contribution in [3.63, 3.8) is 0 Å². The molecule has 1 aromatic rings. The molecule has 1 aliphatic rings. The number of aliphatic hydroxyl groups excluding tert-OH is 1. The van der Waals surface area contributed by atoms with Crippen LogP contribution in [0.2, 0.25) is 0 Å². The summed E-state index contributed by atoms with van der Waals surface area (Å²) in [6.45, 7) is 1.61. The highest BCUT2D eigenvalue weighted by Crippen LogP contribution is 2.42. The van der Waals surface area contributed by atoms with Crippen molar-refractivity contribution in [2.75, 3.05) is 18.6 Å². The summed E-state index contributed by atoms with van der Waals surface area (Å²) < 4.78 is 0. The van der Waals surface area contributed by atoms with E-state index in [2.05, 4.69) is 4.99 Å². The number of rotatable bonds is 9. The molecule has 12 heteroatoms. The van der Waals surface area contributed by atoms with E-state index in [0.29, 0.717) is 22.6 Å². The highest BCUT2D eigenvalue weighted by molar-refractivity contribution is 8.13. The van der Waals surface area contributed by atoms with Crippen LogP contribution in [0.15, 0.2) is 28.1 Å². The van der Waals surface area contributed by atoms with Crippen molar-refractivity contribution in [3.05, 3.63) is 33.9 Å². The molecule has 3 unspecified atom stereocenters. The summed E-state index contributed by atoms with van der Waals surface area (Å²) in [6.07, 6.45) is 2.66. The summed E-state index contributed by atoms with van der Waals surface area (Å²) in [5.74, 6) is -1.74. The largest absolute Gasteiger partial charge is 0.481 e. The number of nitro benzene ring substituents is 1. The van der Waals surface area contributed by atoms with Crippen molar-refractivity contribution >= 4 is 46.4 Å². The minimum atomic E-state index is -1.30. The number of unbranched alkanes of at least 4 members (excludes halogenated alkanes) is 2. The van der Waals surface area contributed by atoms with E-state index in [1.54, 1.807) is 12.3 Å². The summed E-state index contributed by atoms with van der Waals surface area (Å²) >= 11 is 2.52. The van der Waals surface area contributed by atoms with Gasteiger partial charge in [-0.25, -0.2) is 4.79 Å². The Labute approximate surface area is 187 Å². The molecule has 0 bridgehead atoms. The van der Waals surface area contributed by atoms with Gasteiger partial charge in [-0.3, -0.25) is 24.8 Å². The third-order valence-corrected chi connectivity index (χ3v) is 6.82. The molecule has 170 valence electrons. The molecule has 0 aromatic heterocycles. The van der Waals surface area contributed by atoms with Gasteiger partial charge >= 0.3 is 12.1 Å².